The van der Waals surface area contributed by atoms with Gasteiger partial charge in [0.25, 0.3) is 0 Å². The van der Waals surface area contributed by atoms with Gasteiger partial charge in [-0.15, -0.1) is 5.23 Å². The van der Waals surface area contributed by atoms with E-state index in [4.69, 9.17) is 4.74 Å². The normalized spacial score (nSPS) is 12.1. The van der Waals surface area contributed by atoms with E-state index in [9.17, 15) is 34.0 Å². The average Bonchev–Trinajstić information content (AvgIpc) is 2.53. The van der Waals surface area contributed by atoms with Gasteiger partial charge in [-0.1, -0.05) is 20.8 Å². The molecule has 0 atom stereocenters. The van der Waals surface area contributed by atoms with Crippen LogP contribution < -0.4 is 15.2 Å². The van der Waals surface area contributed by atoms with Crippen LogP contribution in [0.3, 0.4) is 0 Å². The van der Waals surface area contributed by atoms with E-state index in [1.165, 1.54) is 12.1 Å². The van der Waals surface area contributed by atoms with Crippen LogP contribution in [0.25, 0.3) is 0 Å². The largest absolute Gasteiger partial charge is 0.769 e. The zero-order valence-electron chi connectivity index (χ0n) is 14.6. The van der Waals surface area contributed by atoms with Crippen LogP contribution in [0, 0.1) is 10.4 Å². The van der Waals surface area contributed by atoms with Crippen LogP contribution in [0.1, 0.15) is 31.9 Å². The number of hydrogen-bond acceptors (Lipinski definition) is 7. The van der Waals surface area contributed by atoms with E-state index in [0.29, 0.717) is 5.56 Å². The Morgan fingerprint density at radius 2 is 1.41 bits per heavy atom. The minimum absolute atomic E-state index is 0.141. The lowest BCUT2D eigenvalue weighted by molar-refractivity contribution is -0.137. The number of ether oxygens (including phenoxy) is 1. The van der Waals surface area contributed by atoms with Crippen molar-refractivity contribution in [3.05, 3.63) is 57.9 Å². The molecule has 2 rings (SSSR count). The van der Waals surface area contributed by atoms with E-state index in [0.717, 1.165) is 24.3 Å². The topological polar surface area (TPSA) is 102 Å². The summed E-state index contributed by atoms with van der Waals surface area (Å²) in [6, 6.07) is 5.96. The van der Waals surface area contributed by atoms with Crippen molar-refractivity contribution < 1.29 is 28.3 Å². The van der Waals surface area contributed by atoms with E-state index in [1.807, 2.05) is 0 Å². The molecule has 0 unspecified atom stereocenters. The maximum absolute atomic E-state index is 12.6. The highest BCUT2D eigenvalue weighted by molar-refractivity contribution is 5.75. The lowest BCUT2D eigenvalue weighted by atomic mass is 9.86. The molecular formula is C17H17F3N2O5-2. The molecule has 0 fully saturated rings. The molecule has 0 aromatic heterocycles. The molecular weight excluding hydrogens is 369 g/mol. The summed E-state index contributed by atoms with van der Waals surface area (Å²) in [6.07, 6.45) is -4.54. The van der Waals surface area contributed by atoms with E-state index in [2.05, 4.69) is 0 Å². The fourth-order valence-electron chi connectivity index (χ4n) is 2.25. The molecule has 0 aliphatic heterocycles. The first kappa shape index (κ1) is 20.8. The SMILES string of the molecule is CC(C)(C)c1cc(N([O-])[O-])c(Oc2ccc(C(F)(F)F)cc2)c(N(O)O)c1. The zero-order valence-corrected chi connectivity index (χ0v) is 14.6. The number of hydrogen-bond donors (Lipinski definition) is 2. The number of alkyl halides is 3. The third kappa shape index (κ3) is 4.80. The molecule has 0 spiro atoms. The number of nitrogens with zero attached hydrogens (tertiary/aromatic N) is 2. The monoisotopic (exact) mass is 386 g/mol. The van der Waals surface area contributed by atoms with Gasteiger partial charge >= 0.3 is 6.18 Å². The van der Waals surface area contributed by atoms with Crippen LogP contribution in [0.5, 0.6) is 11.5 Å². The van der Waals surface area contributed by atoms with Crippen LogP contribution in [-0.2, 0) is 11.6 Å². The molecule has 0 amide bonds. The third-order valence-corrected chi connectivity index (χ3v) is 3.73. The Balaban J connectivity index is 2.54. The van der Waals surface area contributed by atoms with Gasteiger partial charge in [0.1, 0.15) is 11.4 Å². The van der Waals surface area contributed by atoms with Gasteiger partial charge in [-0.2, -0.15) is 13.2 Å². The van der Waals surface area contributed by atoms with Crippen LogP contribution >= 0.6 is 0 Å². The lowest BCUT2D eigenvalue weighted by Crippen LogP contribution is -2.18. The summed E-state index contributed by atoms with van der Waals surface area (Å²) in [7, 11) is 0. The van der Waals surface area contributed by atoms with E-state index < -0.39 is 39.5 Å². The van der Waals surface area contributed by atoms with E-state index in [1.54, 1.807) is 20.8 Å². The smallest absolute Gasteiger partial charge is 0.416 e. The van der Waals surface area contributed by atoms with Gasteiger partial charge in [-0.05, 0) is 47.4 Å². The molecule has 0 aliphatic rings. The van der Waals surface area contributed by atoms with E-state index in [-0.39, 0.29) is 11.0 Å². The lowest BCUT2D eigenvalue weighted by Gasteiger charge is -2.40. The molecule has 0 aliphatic carbocycles. The first-order valence-electron chi connectivity index (χ1n) is 7.66. The molecule has 2 aromatic rings. The van der Waals surface area contributed by atoms with Crippen molar-refractivity contribution in [2.45, 2.75) is 32.4 Å². The molecule has 10 heteroatoms. The summed E-state index contributed by atoms with van der Waals surface area (Å²) in [5.41, 5.74) is -2.03. The maximum atomic E-state index is 12.6. The van der Waals surface area contributed by atoms with Gasteiger partial charge in [0, 0.05) is 0 Å². The van der Waals surface area contributed by atoms with Crippen molar-refractivity contribution in [1.82, 2.24) is 0 Å². The molecule has 0 radical (unpaired) electrons. The zero-order chi connectivity index (χ0) is 20.6. The van der Waals surface area contributed by atoms with Gasteiger partial charge in [0.05, 0.1) is 11.3 Å². The standard InChI is InChI=1S/C17H17F3N2O5/c1-16(2,3)11-8-13(21(23)24)15(14(9-11)22(25)26)27-12-6-4-10(5-7-12)17(18,19)20/h4-9,23-24H,1-3H3/q-2. The second-order valence-electron chi connectivity index (χ2n) is 6.76. The highest BCUT2D eigenvalue weighted by Gasteiger charge is 2.30. The Hall–Kier alpha value is -2.53. The highest BCUT2D eigenvalue weighted by atomic mass is 19.4. The molecule has 0 saturated heterocycles. The molecule has 27 heavy (non-hydrogen) atoms. The fraction of sp³-hybridized carbons (Fsp3) is 0.294. The van der Waals surface area contributed by atoms with Crippen molar-refractivity contribution in [3.63, 3.8) is 0 Å². The average molecular weight is 386 g/mol. The minimum atomic E-state index is -4.54. The van der Waals surface area contributed by atoms with Crippen LogP contribution in [0.2, 0.25) is 0 Å². The van der Waals surface area contributed by atoms with Crippen LogP contribution in [0.4, 0.5) is 24.5 Å². The minimum Gasteiger partial charge on any atom is -0.769 e. The number of halogens is 3. The van der Waals surface area contributed by atoms with Crippen molar-refractivity contribution in [2.75, 3.05) is 10.5 Å². The molecule has 0 bridgehead atoms. The summed E-state index contributed by atoms with van der Waals surface area (Å²) in [6.45, 7) is 5.31. The van der Waals surface area contributed by atoms with Crippen molar-refractivity contribution in [2.24, 2.45) is 0 Å². The van der Waals surface area contributed by atoms with Crippen molar-refractivity contribution >= 4 is 11.4 Å². The van der Waals surface area contributed by atoms with Gasteiger partial charge < -0.3 is 20.4 Å². The summed E-state index contributed by atoms with van der Waals surface area (Å²) in [5.74, 6) is -0.657. The summed E-state index contributed by atoms with van der Waals surface area (Å²) >= 11 is 0. The Bertz CT molecular complexity index is 771. The number of benzene rings is 2. The Kier molecular flexibility index (Phi) is 5.57. The van der Waals surface area contributed by atoms with Gasteiger partial charge in [0.2, 0.25) is 0 Å². The summed E-state index contributed by atoms with van der Waals surface area (Å²) < 4.78 is 43.2. The second-order valence-corrected chi connectivity index (χ2v) is 6.76. The van der Waals surface area contributed by atoms with Crippen molar-refractivity contribution in [1.29, 1.82) is 0 Å². The summed E-state index contributed by atoms with van der Waals surface area (Å²) in [5, 5.41) is 40.7. The number of anilines is 2. The Morgan fingerprint density at radius 3 is 1.81 bits per heavy atom. The molecule has 2 N–H and O–H groups in total. The third-order valence-electron chi connectivity index (χ3n) is 3.73. The first-order valence-corrected chi connectivity index (χ1v) is 7.66. The van der Waals surface area contributed by atoms with Gasteiger partial charge in [0.15, 0.2) is 5.75 Å². The van der Waals surface area contributed by atoms with Crippen LogP contribution in [0.15, 0.2) is 36.4 Å². The van der Waals surface area contributed by atoms with Gasteiger partial charge in [-0.25, -0.2) is 0 Å². The molecule has 2 aromatic carbocycles. The van der Waals surface area contributed by atoms with E-state index >= 15 is 0 Å². The van der Waals surface area contributed by atoms with Crippen LogP contribution in [-0.4, -0.2) is 10.4 Å². The predicted molar refractivity (Wildman–Crippen MR) is 91.9 cm³/mol. The fourth-order valence-corrected chi connectivity index (χ4v) is 2.25. The van der Waals surface area contributed by atoms with Gasteiger partial charge in [-0.3, -0.25) is 10.4 Å². The van der Waals surface area contributed by atoms with Crippen molar-refractivity contribution in [3.8, 4) is 11.5 Å². The Morgan fingerprint density at radius 1 is 0.889 bits per heavy atom. The maximum Gasteiger partial charge on any atom is 0.416 e. The first-order chi connectivity index (χ1) is 12.3. The molecule has 0 heterocycles. The number of rotatable bonds is 4. The molecule has 0 saturated carbocycles. The predicted octanol–water partition coefficient (Wildman–Crippen LogP) is 5.18. The molecule has 7 nitrogen and oxygen atoms in total. The molecule has 148 valence electrons. The Labute approximate surface area is 152 Å². The summed E-state index contributed by atoms with van der Waals surface area (Å²) in [4.78, 5) is 0. The quantitative estimate of drug-likeness (QED) is 0.698. The second kappa shape index (κ2) is 7.24. The highest BCUT2D eigenvalue weighted by Crippen LogP contribution is 2.44.